The number of rotatable bonds is 4. The van der Waals surface area contributed by atoms with Crippen LogP contribution in [0.3, 0.4) is 0 Å². The van der Waals surface area contributed by atoms with E-state index in [0.29, 0.717) is 41.6 Å². The van der Waals surface area contributed by atoms with Gasteiger partial charge in [-0.05, 0) is 49.1 Å². The maximum absolute atomic E-state index is 13.9. The number of carbonyl (C=O) groups excluding carboxylic acids is 2. The summed E-state index contributed by atoms with van der Waals surface area (Å²) in [6, 6.07) is 4.49. The molecule has 0 spiro atoms. The van der Waals surface area contributed by atoms with Crippen LogP contribution < -0.4 is 5.32 Å². The van der Waals surface area contributed by atoms with E-state index < -0.39 is 0 Å². The number of anilines is 1. The summed E-state index contributed by atoms with van der Waals surface area (Å²) < 4.78 is 19.1. The van der Waals surface area contributed by atoms with Crippen molar-refractivity contribution in [2.75, 3.05) is 18.5 Å². The quantitative estimate of drug-likeness (QED) is 0.609. The van der Waals surface area contributed by atoms with Crippen molar-refractivity contribution in [3.63, 3.8) is 0 Å². The van der Waals surface area contributed by atoms with E-state index in [1.807, 2.05) is 6.92 Å². The Morgan fingerprint density at radius 1 is 1.35 bits per heavy atom. The maximum atomic E-state index is 13.9. The Morgan fingerprint density at radius 3 is 2.90 bits per heavy atom. The maximum Gasteiger partial charge on any atom is 0.348 e. The largest absolute Gasteiger partial charge is 0.462 e. The van der Waals surface area contributed by atoms with Crippen LogP contribution in [0.5, 0.6) is 0 Å². The lowest BCUT2D eigenvalue weighted by atomic mass is 9.99. The molecule has 9 heteroatoms. The van der Waals surface area contributed by atoms with Crippen molar-refractivity contribution in [1.29, 1.82) is 0 Å². The Bertz CT molecular complexity index is 1160. The van der Waals surface area contributed by atoms with Crippen LogP contribution in [-0.4, -0.2) is 39.9 Å². The topological polar surface area (TPSA) is 84.4 Å². The van der Waals surface area contributed by atoms with Gasteiger partial charge in [0, 0.05) is 20.0 Å². The Morgan fingerprint density at radius 2 is 2.16 bits per heavy atom. The Hall–Kier alpha value is -3.07. The molecular formula is C22H23FN4O3S. The minimum atomic E-state index is -0.374. The van der Waals surface area contributed by atoms with Gasteiger partial charge in [0.05, 0.1) is 18.0 Å². The second-order valence-electron chi connectivity index (χ2n) is 7.45. The van der Waals surface area contributed by atoms with E-state index in [-0.39, 0.29) is 23.7 Å². The fourth-order valence-corrected chi connectivity index (χ4v) is 4.97. The van der Waals surface area contributed by atoms with E-state index in [2.05, 4.69) is 15.3 Å². The highest BCUT2D eigenvalue weighted by atomic mass is 32.1. The van der Waals surface area contributed by atoms with E-state index >= 15 is 0 Å². The number of ether oxygens (including phenoxy) is 1. The van der Waals surface area contributed by atoms with Crippen LogP contribution in [0.15, 0.2) is 24.5 Å². The molecule has 162 valence electrons. The lowest BCUT2D eigenvalue weighted by molar-refractivity contribution is -0.129. The summed E-state index contributed by atoms with van der Waals surface area (Å²) >= 11 is 1.28. The van der Waals surface area contributed by atoms with Gasteiger partial charge in [0.1, 0.15) is 27.7 Å². The standard InChI is InChI=1S/C22H23FN4O3S/c1-4-30-22(29)19-12(2)18-20(24-11-25-21(18)31-19)26-17-7-8-27(13(3)28)10-14-9-15(23)5-6-16(14)17/h5-6,9,11,17H,4,7-8,10H2,1-3H3,(H,24,25,26). The van der Waals surface area contributed by atoms with Crippen molar-refractivity contribution in [3.05, 3.63) is 51.9 Å². The van der Waals surface area contributed by atoms with Gasteiger partial charge < -0.3 is 15.0 Å². The predicted molar refractivity (Wildman–Crippen MR) is 117 cm³/mol. The summed E-state index contributed by atoms with van der Waals surface area (Å²) in [6.07, 6.45) is 2.09. The third-order valence-electron chi connectivity index (χ3n) is 5.47. The van der Waals surface area contributed by atoms with Gasteiger partial charge in [-0.25, -0.2) is 19.2 Å². The molecule has 3 heterocycles. The van der Waals surface area contributed by atoms with Crippen LogP contribution in [0, 0.1) is 12.7 Å². The van der Waals surface area contributed by atoms with Gasteiger partial charge in [-0.3, -0.25) is 4.79 Å². The number of esters is 1. The molecule has 1 amide bonds. The zero-order valence-corrected chi connectivity index (χ0v) is 18.4. The lowest BCUT2D eigenvalue weighted by Crippen LogP contribution is -2.28. The summed E-state index contributed by atoms with van der Waals surface area (Å²) in [7, 11) is 0. The van der Waals surface area contributed by atoms with Gasteiger partial charge in [0.25, 0.3) is 0 Å². The first-order valence-corrected chi connectivity index (χ1v) is 10.9. The third-order valence-corrected chi connectivity index (χ3v) is 6.65. The Kier molecular flexibility index (Phi) is 5.86. The molecule has 1 N–H and O–H groups in total. The molecule has 4 rings (SSSR count). The number of halogens is 1. The first-order valence-electron chi connectivity index (χ1n) is 10.1. The van der Waals surface area contributed by atoms with Crippen molar-refractivity contribution < 1.29 is 18.7 Å². The lowest BCUT2D eigenvalue weighted by Gasteiger charge is -2.20. The zero-order valence-electron chi connectivity index (χ0n) is 17.6. The molecule has 1 unspecified atom stereocenters. The molecule has 0 saturated carbocycles. The van der Waals surface area contributed by atoms with Crippen molar-refractivity contribution in [3.8, 4) is 0 Å². The number of nitrogens with zero attached hydrogens (tertiary/aromatic N) is 3. The number of amides is 1. The van der Waals surface area contributed by atoms with E-state index in [4.69, 9.17) is 4.74 Å². The van der Waals surface area contributed by atoms with Gasteiger partial charge in [0.2, 0.25) is 5.91 Å². The number of hydrogen-bond donors (Lipinski definition) is 1. The average Bonchev–Trinajstić information content (AvgIpc) is 2.97. The molecule has 31 heavy (non-hydrogen) atoms. The fourth-order valence-electron chi connectivity index (χ4n) is 3.93. The van der Waals surface area contributed by atoms with Crippen LogP contribution in [0.25, 0.3) is 10.2 Å². The molecule has 0 bridgehead atoms. The van der Waals surface area contributed by atoms with E-state index in [0.717, 1.165) is 22.1 Å². The molecule has 0 aliphatic carbocycles. The van der Waals surface area contributed by atoms with Gasteiger partial charge in [-0.15, -0.1) is 11.3 Å². The molecule has 0 radical (unpaired) electrons. The van der Waals surface area contributed by atoms with Gasteiger partial charge >= 0.3 is 5.97 Å². The first-order chi connectivity index (χ1) is 14.9. The molecule has 1 aliphatic heterocycles. The van der Waals surface area contributed by atoms with Crippen molar-refractivity contribution in [2.24, 2.45) is 0 Å². The highest BCUT2D eigenvalue weighted by molar-refractivity contribution is 7.20. The summed E-state index contributed by atoms with van der Waals surface area (Å²) in [5.41, 5.74) is 2.46. The van der Waals surface area contributed by atoms with Crippen LogP contribution in [-0.2, 0) is 16.1 Å². The van der Waals surface area contributed by atoms with Crippen molar-refractivity contribution >= 4 is 39.2 Å². The smallest absolute Gasteiger partial charge is 0.348 e. The highest BCUT2D eigenvalue weighted by Gasteiger charge is 2.26. The summed E-state index contributed by atoms with van der Waals surface area (Å²) in [4.78, 5) is 36.0. The molecule has 0 fully saturated rings. The number of hydrogen-bond acceptors (Lipinski definition) is 7. The second kappa shape index (κ2) is 8.58. The molecule has 1 atom stereocenters. The summed E-state index contributed by atoms with van der Waals surface area (Å²) in [5, 5.41) is 4.24. The molecule has 3 aromatic rings. The number of fused-ring (bicyclic) bond motifs is 2. The predicted octanol–water partition coefficient (Wildman–Crippen LogP) is 4.22. The number of thiophene rings is 1. The van der Waals surface area contributed by atoms with E-state index in [9.17, 15) is 14.0 Å². The fraction of sp³-hybridized carbons (Fsp3) is 0.364. The Labute approximate surface area is 183 Å². The second-order valence-corrected chi connectivity index (χ2v) is 8.45. The molecule has 1 aliphatic rings. The minimum Gasteiger partial charge on any atom is -0.462 e. The van der Waals surface area contributed by atoms with Gasteiger partial charge in [-0.2, -0.15) is 0 Å². The summed E-state index contributed by atoms with van der Waals surface area (Å²) in [6.45, 7) is 6.34. The minimum absolute atomic E-state index is 0.0481. The number of aryl methyl sites for hydroxylation is 1. The van der Waals surface area contributed by atoms with Crippen LogP contribution in [0.2, 0.25) is 0 Å². The number of nitrogens with one attached hydrogen (secondary N) is 1. The number of carbonyl (C=O) groups is 2. The molecule has 0 saturated heterocycles. The zero-order chi connectivity index (χ0) is 22.1. The number of aromatic nitrogens is 2. The highest BCUT2D eigenvalue weighted by Crippen LogP contribution is 2.37. The SMILES string of the molecule is CCOC(=O)c1sc2ncnc(NC3CCN(C(C)=O)Cc4cc(F)ccc43)c2c1C. The third kappa shape index (κ3) is 4.10. The average molecular weight is 443 g/mol. The molecule has 7 nitrogen and oxygen atoms in total. The molecule has 1 aromatic carbocycles. The van der Waals surface area contributed by atoms with Gasteiger partial charge in [0.15, 0.2) is 0 Å². The van der Waals surface area contributed by atoms with Gasteiger partial charge in [-0.1, -0.05) is 6.07 Å². The normalized spacial score (nSPS) is 16.0. The monoisotopic (exact) mass is 442 g/mol. The van der Waals surface area contributed by atoms with Crippen LogP contribution in [0.1, 0.15) is 52.7 Å². The molecule has 2 aromatic heterocycles. The Balaban J connectivity index is 1.74. The van der Waals surface area contributed by atoms with Crippen molar-refractivity contribution in [2.45, 2.75) is 39.8 Å². The van der Waals surface area contributed by atoms with E-state index in [1.165, 1.54) is 36.7 Å². The van der Waals surface area contributed by atoms with Crippen LogP contribution >= 0.6 is 11.3 Å². The number of benzene rings is 1. The summed E-state index contributed by atoms with van der Waals surface area (Å²) in [5.74, 6) is -0.152. The van der Waals surface area contributed by atoms with E-state index in [1.54, 1.807) is 17.9 Å². The molecular weight excluding hydrogens is 419 g/mol. The van der Waals surface area contributed by atoms with Crippen LogP contribution in [0.4, 0.5) is 10.2 Å². The van der Waals surface area contributed by atoms with Crippen molar-refractivity contribution in [1.82, 2.24) is 14.9 Å². The first kappa shape index (κ1) is 21.2.